The third-order valence-corrected chi connectivity index (χ3v) is 3.09. The van der Waals surface area contributed by atoms with Gasteiger partial charge in [-0.3, -0.25) is 4.68 Å². The fraction of sp³-hybridized carbons (Fsp3) is 0.308. The summed E-state index contributed by atoms with van der Waals surface area (Å²) < 4.78 is 1.94. The molecule has 0 aliphatic heterocycles. The zero-order valence-electron chi connectivity index (χ0n) is 9.81. The number of aryl methyl sites for hydroxylation is 1. The average Bonchev–Trinajstić information content (AvgIpc) is 2.78. The van der Waals surface area contributed by atoms with Gasteiger partial charge in [0, 0.05) is 17.8 Å². The lowest BCUT2D eigenvalue weighted by atomic mass is 10.0. The minimum atomic E-state index is -0.224. The summed E-state index contributed by atoms with van der Waals surface area (Å²) in [5.74, 6) is 0. The van der Waals surface area contributed by atoms with Gasteiger partial charge in [-0.25, -0.2) is 0 Å². The molecule has 3 nitrogen and oxygen atoms in total. The van der Waals surface area contributed by atoms with E-state index in [-0.39, 0.29) is 6.04 Å². The second-order valence-corrected chi connectivity index (χ2v) is 4.39. The summed E-state index contributed by atoms with van der Waals surface area (Å²) in [7, 11) is 0. The van der Waals surface area contributed by atoms with Gasteiger partial charge in [0.25, 0.3) is 0 Å². The number of halogens is 1. The number of hydrogen-bond acceptors (Lipinski definition) is 2. The summed E-state index contributed by atoms with van der Waals surface area (Å²) in [5, 5.41) is 4.97. The maximum Gasteiger partial charge on any atom is 0.0737 e. The number of aromatic nitrogens is 2. The van der Waals surface area contributed by atoms with Crippen LogP contribution in [0.15, 0.2) is 36.5 Å². The molecule has 0 bridgehead atoms. The number of nitrogens with zero attached hydrogens (tertiary/aromatic N) is 2. The number of nitrogens with two attached hydrogens (primary N) is 1. The normalized spacial score (nSPS) is 12.6. The van der Waals surface area contributed by atoms with Crippen LogP contribution in [0.2, 0.25) is 5.02 Å². The molecule has 0 amide bonds. The summed E-state index contributed by atoms with van der Waals surface area (Å²) in [6.45, 7) is 2.99. The van der Waals surface area contributed by atoms with Crippen LogP contribution in [-0.2, 0) is 6.54 Å². The molecule has 4 heteroatoms. The SMILES string of the molecule is CCCn1nccc1C(N)c1ccccc1Cl. The molecule has 0 fully saturated rings. The van der Waals surface area contributed by atoms with Crippen LogP contribution in [0.5, 0.6) is 0 Å². The maximum absolute atomic E-state index is 6.25. The van der Waals surface area contributed by atoms with Gasteiger partial charge in [-0.1, -0.05) is 36.7 Å². The van der Waals surface area contributed by atoms with Gasteiger partial charge in [-0.15, -0.1) is 0 Å². The minimum absolute atomic E-state index is 0.224. The van der Waals surface area contributed by atoms with Crippen LogP contribution in [0.25, 0.3) is 0 Å². The monoisotopic (exact) mass is 249 g/mol. The molecule has 17 heavy (non-hydrogen) atoms. The third-order valence-electron chi connectivity index (χ3n) is 2.74. The van der Waals surface area contributed by atoms with E-state index >= 15 is 0 Å². The van der Waals surface area contributed by atoms with Crippen molar-refractivity contribution in [3.05, 3.63) is 52.8 Å². The molecular weight excluding hydrogens is 234 g/mol. The Morgan fingerprint density at radius 1 is 1.35 bits per heavy atom. The van der Waals surface area contributed by atoms with E-state index in [0.717, 1.165) is 24.2 Å². The molecule has 0 saturated carbocycles. The molecular formula is C13H16ClN3. The zero-order chi connectivity index (χ0) is 12.3. The first-order chi connectivity index (χ1) is 8.24. The first-order valence-electron chi connectivity index (χ1n) is 5.75. The Balaban J connectivity index is 2.34. The lowest BCUT2D eigenvalue weighted by Gasteiger charge is -2.15. The number of hydrogen-bond donors (Lipinski definition) is 1. The summed E-state index contributed by atoms with van der Waals surface area (Å²) in [6.07, 6.45) is 2.81. The van der Waals surface area contributed by atoms with E-state index < -0.39 is 0 Å². The summed E-state index contributed by atoms with van der Waals surface area (Å²) in [6, 6.07) is 9.39. The van der Waals surface area contributed by atoms with E-state index in [4.69, 9.17) is 17.3 Å². The predicted molar refractivity (Wildman–Crippen MR) is 70.0 cm³/mol. The van der Waals surface area contributed by atoms with Gasteiger partial charge in [-0.05, 0) is 24.1 Å². The van der Waals surface area contributed by atoms with Gasteiger partial charge in [0.15, 0.2) is 0 Å². The summed E-state index contributed by atoms with van der Waals surface area (Å²) in [5.41, 5.74) is 8.18. The third kappa shape index (κ3) is 2.51. The Kier molecular flexibility index (Phi) is 3.82. The fourth-order valence-electron chi connectivity index (χ4n) is 1.89. The van der Waals surface area contributed by atoms with Crippen LogP contribution in [-0.4, -0.2) is 9.78 Å². The average molecular weight is 250 g/mol. The van der Waals surface area contributed by atoms with Crippen molar-refractivity contribution in [2.24, 2.45) is 5.73 Å². The molecule has 0 radical (unpaired) electrons. The Morgan fingerprint density at radius 3 is 2.82 bits per heavy atom. The van der Waals surface area contributed by atoms with Crippen molar-refractivity contribution in [1.29, 1.82) is 0 Å². The van der Waals surface area contributed by atoms with Gasteiger partial charge in [-0.2, -0.15) is 5.10 Å². The molecule has 1 heterocycles. The van der Waals surface area contributed by atoms with Gasteiger partial charge >= 0.3 is 0 Å². The van der Waals surface area contributed by atoms with E-state index in [0.29, 0.717) is 5.02 Å². The van der Waals surface area contributed by atoms with Crippen molar-refractivity contribution in [3.8, 4) is 0 Å². The molecule has 90 valence electrons. The molecule has 1 unspecified atom stereocenters. The predicted octanol–water partition coefficient (Wildman–Crippen LogP) is 2.99. The Labute approximate surface area is 106 Å². The minimum Gasteiger partial charge on any atom is -0.319 e. The highest BCUT2D eigenvalue weighted by atomic mass is 35.5. The molecule has 1 atom stereocenters. The van der Waals surface area contributed by atoms with Crippen LogP contribution in [0.4, 0.5) is 0 Å². The Morgan fingerprint density at radius 2 is 2.12 bits per heavy atom. The van der Waals surface area contributed by atoms with Crippen LogP contribution in [0, 0.1) is 0 Å². The molecule has 0 spiro atoms. The largest absolute Gasteiger partial charge is 0.319 e. The molecule has 0 aliphatic carbocycles. The second-order valence-electron chi connectivity index (χ2n) is 3.98. The van der Waals surface area contributed by atoms with E-state index in [2.05, 4.69) is 12.0 Å². The number of benzene rings is 1. The van der Waals surface area contributed by atoms with Crippen LogP contribution >= 0.6 is 11.6 Å². The van der Waals surface area contributed by atoms with Crippen LogP contribution in [0.1, 0.15) is 30.6 Å². The highest BCUT2D eigenvalue weighted by Gasteiger charge is 2.15. The van der Waals surface area contributed by atoms with Crippen LogP contribution < -0.4 is 5.73 Å². The lowest BCUT2D eigenvalue weighted by molar-refractivity contribution is 0.560. The first kappa shape index (κ1) is 12.1. The van der Waals surface area contributed by atoms with Gasteiger partial charge in [0.05, 0.1) is 11.7 Å². The highest BCUT2D eigenvalue weighted by Crippen LogP contribution is 2.26. The molecule has 1 aromatic carbocycles. The first-order valence-corrected chi connectivity index (χ1v) is 6.13. The molecule has 2 N–H and O–H groups in total. The van der Waals surface area contributed by atoms with Crippen molar-refractivity contribution in [2.45, 2.75) is 25.9 Å². The molecule has 0 saturated heterocycles. The topological polar surface area (TPSA) is 43.8 Å². The number of rotatable bonds is 4. The quantitative estimate of drug-likeness (QED) is 0.905. The van der Waals surface area contributed by atoms with Crippen molar-refractivity contribution in [1.82, 2.24) is 9.78 Å². The molecule has 2 aromatic rings. The Bertz CT molecular complexity index is 493. The summed E-state index contributed by atoms with van der Waals surface area (Å²) >= 11 is 6.16. The lowest BCUT2D eigenvalue weighted by Crippen LogP contribution is -2.17. The van der Waals surface area contributed by atoms with Crippen molar-refractivity contribution in [2.75, 3.05) is 0 Å². The van der Waals surface area contributed by atoms with Crippen molar-refractivity contribution >= 4 is 11.6 Å². The van der Waals surface area contributed by atoms with E-state index in [9.17, 15) is 0 Å². The zero-order valence-corrected chi connectivity index (χ0v) is 10.6. The van der Waals surface area contributed by atoms with Gasteiger partial charge in [0.1, 0.15) is 0 Å². The van der Waals surface area contributed by atoms with E-state index in [1.807, 2.05) is 35.0 Å². The van der Waals surface area contributed by atoms with Gasteiger partial charge < -0.3 is 5.73 Å². The molecule has 2 rings (SSSR count). The van der Waals surface area contributed by atoms with Gasteiger partial charge in [0.2, 0.25) is 0 Å². The standard InChI is InChI=1S/C13H16ClN3/c1-2-9-17-12(7-8-16-17)13(15)10-5-3-4-6-11(10)14/h3-8,13H,2,9,15H2,1H3. The second kappa shape index (κ2) is 5.34. The molecule has 1 aromatic heterocycles. The summed E-state index contributed by atoms with van der Waals surface area (Å²) in [4.78, 5) is 0. The van der Waals surface area contributed by atoms with Crippen molar-refractivity contribution < 1.29 is 0 Å². The smallest absolute Gasteiger partial charge is 0.0737 e. The van der Waals surface area contributed by atoms with E-state index in [1.165, 1.54) is 0 Å². The molecule has 0 aliphatic rings. The maximum atomic E-state index is 6.25. The Hall–Kier alpha value is -1.32. The van der Waals surface area contributed by atoms with Crippen LogP contribution in [0.3, 0.4) is 0 Å². The fourth-order valence-corrected chi connectivity index (χ4v) is 2.15. The highest BCUT2D eigenvalue weighted by molar-refractivity contribution is 6.31. The van der Waals surface area contributed by atoms with Crippen molar-refractivity contribution in [3.63, 3.8) is 0 Å². The van der Waals surface area contributed by atoms with E-state index in [1.54, 1.807) is 6.20 Å².